The maximum atomic E-state index is 13.2. The predicted molar refractivity (Wildman–Crippen MR) is 142 cm³/mol. The maximum absolute atomic E-state index is 13.2. The molecule has 0 aliphatic carbocycles. The second-order valence-corrected chi connectivity index (χ2v) is 9.05. The molecule has 3 aromatic heterocycles. The number of hydrogen-bond donors (Lipinski definition) is 1. The monoisotopic (exact) mass is 493 g/mol. The number of pyridine rings is 2. The number of benzene rings is 1. The molecule has 0 atom stereocenters. The summed E-state index contributed by atoms with van der Waals surface area (Å²) >= 11 is 0. The van der Waals surface area contributed by atoms with Crippen LogP contribution in [0.15, 0.2) is 67.3 Å². The van der Waals surface area contributed by atoms with Crippen molar-refractivity contribution in [3.63, 3.8) is 0 Å². The Kier molecular flexibility index (Phi) is 6.20. The van der Waals surface area contributed by atoms with Crippen molar-refractivity contribution < 1.29 is 9.53 Å². The Bertz CT molecular complexity index is 1420. The Hall–Kier alpha value is -4.37. The molecule has 1 fully saturated rings. The third kappa shape index (κ3) is 4.49. The standard InChI is InChI=1S/C28H27N7O2/c1-19-22(3-2-4-23(19)27(36)31-20-5-10-29-11-6-20)25-24-9-14-35(21-7-12-30-13-8-21)26(24)33-28(32-25)34-15-17-37-18-16-34/h2-8,10-13H,9,14-18H2,1H3,(H,29,31,36). The number of fused-ring (bicyclic) bond motifs is 1. The van der Waals surface area contributed by atoms with E-state index in [9.17, 15) is 4.79 Å². The van der Waals surface area contributed by atoms with Crippen LogP contribution in [0, 0.1) is 6.92 Å². The van der Waals surface area contributed by atoms with Gasteiger partial charge in [-0.2, -0.15) is 4.98 Å². The van der Waals surface area contributed by atoms with Gasteiger partial charge in [-0.1, -0.05) is 12.1 Å². The molecule has 9 heteroatoms. The Morgan fingerprint density at radius 2 is 1.65 bits per heavy atom. The summed E-state index contributed by atoms with van der Waals surface area (Å²) in [6.07, 6.45) is 7.72. The smallest absolute Gasteiger partial charge is 0.255 e. The van der Waals surface area contributed by atoms with Crippen molar-refractivity contribution >= 4 is 29.0 Å². The summed E-state index contributed by atoms with van der Waals surface area (Å²) in [5.41, 5.74) is 6.14. The minimum atomic E-state index is -0.164. The first-order valence-electron chi connectivity index (χ1n) is 12.4. The highest BCUT2D eigenvalue weighted by Gasteiger charge is 2.30. The Labute approximate surface area is 215 Å². The number of amides is 1. The van der Waals surface area contributed by atoms with E-state index in [1.54, 1.807) is 36.9 Å². The summed E-state index contributed by atoms with van der Waals surface area (Å²) in [6, 6.07) is 13.4. The van der Waals surface area contributed by atoms with Gasteiger partial charge in [0.2, 0.25) is 5.95 Å². The number of nitrogens with zero attached hydrogens (tertiary/aromatic N) is 6. The molecule has 37 heavy (non-hydrogen) atoms. The molecular formula is C28H27N7O2. The van der Waals surface area contributed by atoms with Crippen molar-refractivity contribution in [3.05, 3.63) is 83.9 Å². The number of nitrogens with one attached hydrogen (secondary N) is 1. The first kappa shape index (κ1) is 23.1. The molecule has 2 aliphatic rings. The third-order valence-corrected chi connectivity index (χ3v) is 6.85. The number of anilines is 4. The van der Waals surface area contributed by atoms with Gasteiger partial charge in [0, 0.05) is 72.5 Å². The quantitative estimate of drug-likeness (QED) is 0.445. The molecule has 0 radical (unpaired) electrons. The fourth-order valence-corrected chi connectivity index (χ4v) is 4.92. The van der Waals surface area contributed by atoms with Crippen LogP contribution < -0.4 is 15.1 Å². The van der Waals surface area contributed by atoms with E-state index in [0.29, 0.717) is 30.4 Å². The van der Waals surface area contributed by atoms with Crippen LogP contribution in [0.5, 0.6) is 0 Å². The minimum absolute atomic E-state index is 0.164. The van der Waals surface area contributed by atoms with Crippen LogP contribution in [0.25, 0.3) is 11.3 Å². The van der Waals surface area contributed by atoms with E-state index in [0.717, 1.165) is 59.9 Å². The predicted octanol–water partition coefficient (Wildman–Crippen LogP) is 4.03. The van der Waals surface area contributed by atoms with Crippen LogP contribution in [0.4, 0.5) is 23.1 Å². The van der Waals surface area contributed by atoms with Gasteiger partial charge in [-0.3, -0.25) is 14.8 Å². The average Bonchev–Trinajstić information content (AvgIpc) is 3.38. The fourth-order valence-electron chi connectivity index (χ4n) is 4.92. The number of aromatic nitrogens is 4. The van der Waals surface area contributed by atoms with Crippen molar-refractivity contribution in [2.45, 2.75) is 13.3 Å². The highest BCUT2D eigenvalue weighted by molar-refractivity contribution is 6.06. The lowest BCUT2D eigenvalue weighted by Crippen LogP contribution is -2.37. The second-order valence-electron chi connectivity index (χ2n) is 9.05. The Balaban J connectivity index is 1.44. The third-order valence-electron chi connectivity index (χ3n) is 6.85. The molecule has 9 nitrogen and oxygen atoms in total. The van der Waals surface area contributed by atoms with Gasteiger partial charge in [0.05, 0.1) is 18.9 Å². The lowest BCUT2D eigenvalue weighted by atomic mass is 9.96. The summed E-state index contributed by atoms with van der Waals surface area (Å²) in [6.45, 7) is 5.55. The second kappa shape index (κ2) is 9.94. The zero-order valence-corrected chi connectivity index (χ0v) is 20.6. The van der Waals surface area contributed by atoms with E-state index in [4.69, 9.17) is 14.7 Å². The minimum Gasteiger partial charge on any atom is -0.378 e. The SMILES string of the molecule is Cc1c(C(=O)Nc2ccncc2)cccc1-c1nc(N2CCOCC2)nc2c1CCN2c1ccncc1. The van der Waals surface area contributed by atoms with Crippen LogP contribution in [0.3, 0.4) is 0 Å². The van der Waals surface area contributed by atoms with Gasteiger partial charge in [-0.15, -0.1) is 0 Å². The molecule has 0 bridgehead atoms. The number of carbonyl (C=O) groups excluding carboxylic acids is 1. The zero-order valence-electron chi connectivity index (χ0n) is 20.6. The maximum Gasteiger partial charge on any atom is 0.255 e. The largest absolute Gasteiger partial charge is 0.378 e. The molecule has 0 saturated carbocycles. The lowest BCUT2D eigenvalue weighted by molar-refractivity contribution is 0.102. The molecule has 1 saturated heterocycles. The summed E-state index contributed by atoms with van der Waals surface area (Å²) in [4.78, 5) is 35.9. The molecule has 4 aromatic rings. The lowest BCUT2D eigenvalue weighted by Gasteiger charge is -2.28. The van der Waals surface area contributed by atoms with E-state index >= 15 is 0 Å². The van der Waals surface area contributed by atoms with Crippen molar-refractivity contribution in [2.75, 3.05) is 48.0 Å². The van der Waals surface area contributed by atoms with E-state index in [1.165, 1.54) is 0 Å². The van der Waals surface area contributed by atoms with Crippen LogP contribution >= 0.6 is 0 Å². The molecule has 2 aliphatic heterocycles. The average molecular weight is 494 g/mol. The number of rotatable bonds is 5. The fraction of sp³-hybridized carbons (Fsp3) is 0.250. The van der Waals surface area contributed by atoms with Crippen LogP contribution in [0.1, 0.15) is 21.5 Å². The molecule has 6 rings (SSSR count). The van der Waals surface area contributed by atoms with Gasteiger partial charge in [0.1, 0.15) is 5.82 Å². The van der Waals surface area contributed by atoms with Gasteiger partial charge in [0.15, 0.2) is 0 Å². The highest BCUT2D eigenvalue weighted by Crippen LogP contribution is 2.40. The molecular weight excluding hydrogens is 466 g/mol. The summed E-state index contributed by atoms with van der Waals surface area (Å²) < 4.78 is 5.57. The van der Waals surface area contributed by atoms with Crippen LogP contribution in [-0.2, 0) is 11.2 Å². The molecule has 186 valence electrons. The van der Waals surface area contributed by atoms with Crippen molar-refractivity contribution in [3.8, 4) is 11.3 Å². The summed E-state index contributed by atoms with van der Waals surface area (Å²) in [5.74, 6) is 1.43. The molecule has 0 unspecified atom stereocenters. The number of carbonyl (C=O) groups is 1. The van der Waals surface area contributed by atoms with Gasteiger partial charge in [0.25, 0.3) is 5.91 Å². The van der Waals surface area contributed by atoms with E-state index < -0.39 is 0 Å². The van der Waals surface area contributed by atoms with Gasteiger partial charge in [-0.05, 0) is 49.2 Å². The summed E-state index contributed by atoms with van der Waals surface area (Å²) in [7, 11) is 0. The van der Waals surface area contributed by atoms with Gasteiger partial charge < -0.3 is 19.9 Å². The van der Waals surface area contributed by atoms with E-state index in [2.05, 4.69) is 25.1 Å². The zero-order chi connectivity index (χ0) is 25.2. The molecule has 1 amide bonds. The Morgan fingerprint density at radius 1 is 0.919 bits per heavy atom. The van der Waals surface area contributed by atoms with Crippen LogP contribution in [0.2, 0.25) is 0 Å². The number of morpholine rings is 1. The summed E-state index contributed by atoms with van der Waals surface area (Å²) in [5, 5.41) is 2.97. The molecule has 1 N–H and O–H groups in total. The number of ether oxygens (including phenoxy) is 1. The van der Waals surface area contributed by atoms with Crippen LogP contribution in [-0.4, -0.2) is 58.7 Å². The van der Waals surface area contributed by atoms with E-state index in [1.807, 2.05) is 37.3 Å². The molecule has 5 heterocycles. The molecule has 1 aromatic carbocycles. The van der Waals surface area contributed by atoms with Gasteiger partial charge >= 0.3 is 0 Å². The van der Waals surface area contributed by atoms with Crippen molar-refractivity contribution in [2.24, 2.45) is 0 Å². The van der Waals surface area contributed by atoms with Crippen molar-refractivity contribution in [1.82, 2.24) is 19.9 Å². The first-order chi connectivity index (χ1) is 18.2. The topological polar surface area (TPSA) is 96.4 Å². The Morgan fingerprint density at radius 3 is 2.41 bits per heavy atom. The number of hydrogen-bond acceptors (Lipinski definition) is 8. The van der Waals surface area contributed by atoms with E-state index in [-0.39, 0.29) is 5.91 Å². The normalized spacial score (nSPS) is 14.9. The molecule has 0 spiro atoms. The highest BCUT2D eigenvalue weighted by atomic mass is 16.5. The first-order valence-corrected chi connectivity index (χ1v) is 12.4. The van der Waals surface area contributed by atoms with Gasteiger partial charge in [-0.25, -0.2) is 4.98 Å². The van der Waals surface area contributed by atoms with Crippen molar-refractivity contribution in [1.29, 1.82) is 0 Å².